The fourth-order valence-corrected chi connectivity index (χ4v) is 1.28. The summed E-state index contributed by atoms with van der Waals surface area (Å²) in [5, 5.41) is 0. The first-order valence-electron chi connectivity index (χ1n) is 3.99. The lowest BCUT2D eigenvalue weighted by atomic mass is 10.1. The van der Waals surface area contributed by atoms with Crippen molar-refractivity contribution in [2.45, 2.75) is 6.42 Å². The minimum atomic E-state index is 0.270. The van der Waals surface area contributed by atoms with Crippen molar-refractivity contribution >= 4 is 15.9 Å². The maximum atomic E-state index is 12.2. The summed E-state index contributed by atoms with van der Waals surface area (Å²) < 4.78 is 13.2. The van der Waals surface area contributed by atoms with Crippen LogP contribution in [0.3, 0.4) is 0 Å². The van der Waals surface area contributed by atoms with E-state index in [1.165, 1.54) is 0 Å². The van der Waals surface area contributed by atoms with Gasteiger partial charge in [-0.25, -0.2) is 4.39 Å². The Hall–Kier alpha value is -0.670. The molecular formula is C10H11BrFN. The fourth-order valence-electron chi connectivity index (χ4n) is 1.02. The van der Waals surface area contributed by atoms with Gasteiger partial charge in [0.2, 0.25) is 0 Å². The summed E-state index contributed by atoms with van der Waals surface area (Å²) in [6.45, 7) is 0.270. The smallest absolute Gasteiger partial charge is 0.0875 e. The highest BCUT2D eigenvalue weighted by molar-refractivity contribution is 9.10. The summed E-state index contributed by atoms with van der Waals surface area (Å²) in [6, 6.07) is 7.76. The monoisotopic (exact) mass is 243 g/mol. The van der Waals surface area contributed by atoms with Crippen LogP contribution in [0.25, 0.3) is 0 Å². The first kappa shape index (κ1) is 10.4. The molecule has 70 valence electrons. The Bertz CT molecular complexity index is 292. The summed E-state index contributed by atoms with van der Waals surface area (Å²) in [4.78, 5) is 0. The van der Waals surface area contributed by atoms with Crippen molar-refractivity contribution in [3.63, 3.8) is 0 Å². The molecule has 0 saturated carbocycles. The van der Waals surface area contributed by atoms with Crippen molar-refractivity contribution < 1.29 is 4.39 Å². The standard InChI is InChI=1S/C10H11BrFN/c11-10-3-1-8(2-4-10)5-9(6-12)7-13/h1-4,6H,5,7,13H2/b9-6-. The average molecular weight is 244 g/mol. The minimum absolute atomic E-state index is 0.270. The number of rotatable bonds is 3. The van der Waals surface area contributed by atoms with Crippen molar-refractivity contribution in [1.82, 2.24) is 0 Å². The predicted octanol–water partition coefficient (Wildman–Crippen LogP) is 2.80. The largest absolute Gasteiger partial charge is 0.327 e. The van der Waals surface area contributed by atoms with Gasteiger partial charge < -0.3 is 5.73 Å². The molecular weight excluding hydrogens is 233 g/mol. The second-order valence-corrected chi connectivity index (χ2v) is 3.69. The van der Waals surface area contributed by atoms with E-state index in [-0.39, 0.29) is 6.54 Å². The maximum absolute atomic E-state index is 12.2. The zero-order valence-electron chi connectivity index (χ0n) is 7.13. The molecule has 3 heteroatoms. The van der Waals surface area contributed by atoms with Crippen LogP contribution in [0.1, 0.15) is 5.56 Å². The van der Waals surface area contributed by atoms with Crippen LogP contribution in [0, 0.1) is 0 Å². The van der Waals surface area contributed by atoms with Crippen LogP contribution >= 0.6 is 15.9 Å². The van der Waals surface area contributed by atoms with Crippen LogP contribution in [0.4, 0.5) is 4.39 Å². The highest BCUT2D eigenvalue weighted by atomic mass is 79.9. The van der Waals surface area contributed by atoms with Crippen molar-refractivity contribution in [3.05, 3.63) is 46.2 Å². The number of halogens is 2. The van der Waals surface area contributed by atoms with Crippen LogP contribution < -0.4 is 5.73 Å². The molecule has 1 nitrogen and oxygen atoms in total. The van der Waals surface area contributed by atoms with Gasteiger partial charge in [0, 0.05) is 11.0 Å². The molecule has 0 atom stereocenters. The molecule has 0 aromatic heterocycles. The average Bonchev–Trinajstić information content (AvgIpc) is 2.17. The first-order valence-corrected chi connectivity index (χ1v) is 4.78. The molecule has 0 aliphatic rings. The molecule has 0 heterocycles. The van der Waals surface area contributed by atoms with Crippen LogP contribution in [-0.2, 0) is 6.42 Å². The third-order valence-corrected chi connectivity index (χ3v) is 2.29. The second-order valence-electron chi connectivity index (χ2n) is 2.77. The lowest BCUT2D eigenvalue weighted by molar-refractivity contribution is 0.699. The van der Waals surface area contributed by atoms with E-state index >= 15 is 0 Å². The normalized spacial score (nSPS) is 11.8. The van der Waals surface area contributed by atoms with Gasteiger partial charge in [0.05, 0.1) is 6.33 Å². The third-order valence-electron chi connectivity index (χ3n) is 1.76. The first-order chi connectivity index (χ1) is 6.26. The van der Waals surface area contributed by atoms with E-state index in [2.05, 4.69) is 15.9 Å². The van der Waals surface area contributed by atoms with Crippen molar-refractivity contribution in [1.29, 1.82) is 0 Å². The third kappa shape index (κ3) is 3.28. The molecule has 0 radical (unpaired) electrons. The van der Waals surface area contributed by atoms with Crippen LogP contribution in [-0.4, -0.2) is 6.54 Å². The van der Waals surface area contributed by atoms with Gasteiger partial charge >= 0.3 is 0 Å². The number of hydrogen-bond donors (Lipinski definition) is 1. The van der Waals surface area contributed by atoms with Crippen molar-refractivity contribution in [2.75, 3.05) is 6.54 Å². The Morgan fingerprint density at radius 3 is 2.46 bits per heavy atom. The second kappa shape index (κ2) is 5.14. The van der Waals surface area contributed by atoms with Gasteiger partial charge in [0.1, 0.15) is 0 Å². The molecule has 0 fully saturated rings. The van der Waals surface area contributed by atoms with Crippen LogP contribution in [0.5, 0.6) is 0 Å². The summed E-state index contributed by atoms with van der Waals surface area (Å²) in [6.07, 6.45) is 1.17. The molecule has 0 saturated heterocycles. The van der Waals surface area contributed by atoms with E-state index in [0.717, 1.165) is 10.0 Å². The van der Waals surface area contributed by atoms with Crippen molar-refractivity contribution in [2.24, 2.45) is 5.73 Å². The lowest BCUT2D eigenvalue weighted by Gasteiger charge is -2.02. The van der Waals surface area contributed by atoms with Crippen LogP contribution in [0.15, 0.2) is 40.6 Å². The molecule has 13 heavy (non-hydrogen) atoms. The zero-order chi connectivity index (χ0) is 9.68. The molecule has 1 rings (SSSR count). The van der Waals surface area contributed by atoms with E-state index in [4.69, 9.17) is 5.73 Å². The summed E-state index contributed by atoms with van der Waals surface area (Å²) in [7, 11) is 0. The van der Waals surface area contributed by atoms with E-state index < -0.39 is 0 Å². The van der Waals surface area contributed by atoms with Gasteiger partial charge in [-0.05, 0) is 29.7 Å². The highest BCUT2D eigenvalue weighted by Gasteiger charge is 1.97. The molecule has 0 aliphatic heterocycles. The van der Waals surface area contributed by atoms with Crippen molar-refractivity contribution in [3.8, 4) is 0 Å². The van der Waals surface area contributed by atoms with Gasteiger partial charge in [0.15, 0.2) is 0 Å². The van der Waals surface area contributed by atoms with Gasteiger partial charge in [-0.2, -0.15) is 0 Å². The molecule has 0 unspecified atom stereocenters. The highest BCUT2D eigenvalue weighted by Crippen LogP contribution is 2.13. The quantitative estimate of drug-likeness (QED) is 0.869. The van der Waals surface area contributed by atoms with E-state index in [9.17, 15) is 4.39 Å². The molecule has 0 spiro atoms. The van der Waals surface area contributed by atoms with Crippen LogP contribution in [0.2, 0.25) is 0 Å². The van der Waals surface area contributed by atoms with Gasteiger partial charge in [-0.1, -0.05) is 28.1 Å². The lowest BCUT2D eigenvalue weighted by Crippen LogP contribution is -2.05. The molecule has 0 amide bonds. The molecule has 1 aromatic rings. The van der Waals surface area contributed by atoms with E-state index in [1.807, 2.05) is 24.3 Å². The Labute approximate surface area is 85.6 Å². The predicted molar refractivity (Wildman–Crippen MR) is 56.1 cm³/mol. The van der Waals surface area contributed by atoms with E-state index in [0.29, 0.717) is 18.3 Å². The molecule has 2 N–H and O–H groups in total. The SMILES string of the molecule is NC/C(=C\F)Cc1ccc(Br)cc1. The van der Waals surface area contributed by atoms with Gasteiger partial charge in [-0.3, -0.25) is 0 Å². The Morgan fingerprint density at radius 2 is 2.00 bits per heavy atom. The summed E-state index contributed by atoms with van der Waals surface area (Å²) >= 11 is 3.33. The Kier molecular flexibility index (Phi) is 4.12. The summed E-state index contributed by atoms with van der Waals surface area (Å²) in [5.41, 5.74) is 7.02. The van der Waals surface area contributed by atoms with Gasteiger partial charge in [0.25, 0.3) is 0 Å². The number of nitrogens with two attached hydrogens (primary N) is 1. The number of hydrogen-bond acceptors (Lipinski definition) is 1. The Morgan fingerprint density at radius 1 is 1.38 bits per heavy atom. The topological polar surface area (TPSA) is 26.0 Å². The minimum Gasteiger partial charge on any atom is -0.327 e. The molecule has 0 aliphatic carbocycles. The molecule has 1 aromatic carbocycles. The van der Waals surface area contributed by atoms with Gasteiger partial charge in [-0.15, -0.1) is 0 Å². The summed E-state index contributed by atoms with van der Waals surface area (Å²) in [5.74, 6) is 0. The number of benzene rings is 1. The molecule has 0 bridgehead atoms. The van der Waals surface area contributed by atoms with E-state index in [1.54, 1.807) is 0 Å². The Balaban J connectivity index is 2.69. The zero-order valence-corrected chi connectivity index (χ0v) is 8.72. The maximum Gasteiger partial charge on any atom is 0.0875 e. The fraction of sp³-hybridized carbons (Fsp3) is 0.200.